The first-order chi connectivity index (χ1) is 16.0. The van der Waals surface area contributed by atoms with E-state index in [1.165, 1.54) is 18.2 Å². The van der Waals surface area contributed by atoms with Crippen LogP contribution in [0.15, 0.2) is 47.3 Å². The molecular weight excluding hydrogens is 427 g/mol. The molecule has 2 aromatic carbocycles. The van der Waals surface area contributed by atoms with Gasteiger partial charge in [0.25, 0.3) is 11.5 Å². The number of hydrogen-bond donors (Lipinski definition) is 1. The van der Waals surface area contributed by atoms with Crippen LogP contribution in [0, 0.1) is 11.7 Å². The molecule has 0 spiro atoms. The van der Waals surface area contributed by atoms with Crippen LogP contribution in [0.2, 0.25) is 0 Å². The number of benzene rings is 2. The van der Waals surface area contributed by atoms with Crippen LogP contribution in [0.4, 0.5) is 4.39 Å². The highest BCUT2D eigenvalue weighted by Gasteiger charge is 2.30. The van der Waals surface area contributed by atoms with E-state index in [1.807, 2.05) is 0 Å². The van der Waals surface area contributed by atoms with Gasteiger partial charge in [0.05, 0.1) is 16.3 Å². The van der Waals surface area contributed by atoms with Gasteiger partial charge < -0.3 is 14.5 Å². The van der Waals surface area contributed by atoms with E-state index in [9.17, 15) is 18.8 Å². The first kappa shape index (κ1) is 21.1. The Morgan fingerprint density at radius 3 is 2.45 bits per heavy atom. The van der Waals surface area contributed by atoms with Crippen molar-refractivity contribution in [3.63, 3.8) is 0 Å². The molecule has 1 saturated carbocycles. The number of nitrogens with zero attached hydrogens (tertiary/aromatic N) is 3. The molecule has 33 heavy (non-hydrogen) atoms. The molecule has 170 valence electrons. The normalized spacial score (nSPS) is 16.2. The Hall–Kier alpha value is -3.75. The van der Waals surface area contributed by atoms with E-state index < -0.39 is 11.7 Å². The van der Waals surface area contributed by atoms with E-state index in [0.717, 1.165) is 12.8 Å². The summed E-state index contributed by atoms with van der Waals surface area (Å²) >= 11 is 0. The van der Waals surface area contributed by atoms with E-state index in [1.54, 1.807) is 34.1 Å². The van der Waals surface area contributed by atoms with Crippen LogP contribution in [-0.2, 0) is 4.79 Å². The number of carbonyl (C=O) groups is 2. The summed E-state index contributed by atoms with van der Waals surface area (Å²) in [5, 5.41) is 7.25. The maximum absolute atomic E-state index is 14.5. The van der Waals surface area contributed by atoms with Gasteiger partial charge in [-0.25, -0.2) is 9.49 Å². The fourth-order valence-electron chi connectivity index (χ4n) is 4.04. The molecule has 9 heteroatoms. The van der Waals surface area contributed by atoms with Gasteiger partial charge in [-0.3, -0.25) is 14.4 Å². The predicted molar refractivity (Wildman–Crippen MR) is 119 cm³/mol. The molecule has 1 aromatic heterocycles. The zero-order chi connectivity index (χ0) is 22.9. The van der Waals surface area contributed by atoms with Crippen LogP contribution in [0.5, 0.6) is 11.6 Å². The third-order valence-corrected chi connectivity index (χ3v) is 6.12. The van der Waals surface area contributed by atoms with Crippen molar-refractivity contribution in [1.29, 1.82) is 0 Å². The molecule has 8 nitrogen and oxygen atoms in total. The van der Waals surface area contributed by atoms with Gasteiger partial charge in [-0.15, -0.1) is 5.10 Å². The summed E-state index contributed by atoms with van der Waals surface area (Å²) < 4.78 is 20.3. The van der Waals surface area contributed by atoms with Crippen molar-refractivity contribution in [3.8, 4) is 11.6 Å². The quantitative estimate of drug-likeness (QED) is 0.645. The molecule has 0 radical (unpaired) electrons. The first-order valence-electron chi connectivity index (χ1n) is 11.0. The minimum atomic E-state index is -0.654. The van der Waals surface area contributed by atoms with Crippen molar-refractivity contribution in [3.05, 3.63) is 64.2 Å². The number of carbonyl (C=O) groups excluding carboxylic acids is 2. The van der Waals surface area contributed by atoms with Crippen molar-refractivity contribution < 1.29 is 18.7 Å². The van der Waals surface area contributed by atoms with Crippen molar-refractivity contribution in [2.24, 2.45) is 5.92 Å². The highest BCUT2D eigenvalue weighted by Crippen LogP contribution is 2.33. The highest BCUT2D eigenvalue weighted by molar-refractivity contribution is 5.95. The van der Waals surface area contributed by atoms with E-state index in [0.29, 0.717) is 49.3 Å². The standard InChI is InChI=1S/C24H23FN4O4/c25-20-8-7-16(33-23-18-4-2-1-3-17(18)22(31)26-27-23)14-19(20)24(32)29-11-9-28(10-12-29)21(30)13-15-5-6-15/h1-4,7-8,14-15H,5-6,9-13H2,(H,26,31). The summed E-state index contributed by atoms with van der Waals surface area (Å²) in [5.74, 6) is -0.0824. The van der Waals surface area contributed by atoms with Crippen LogP contribution in [-0.4, -0.2) is 58.0 Å². The lowest BCUT2D eigenvalue weighted by Crippen LogP contribution is -2.50. The van der Waals surface area contributed by atoms with Gasteiger partial charge in [0.15, 0.2) is 0 Å². The van der Waals surface area contributed by atoms with Crippen LogP contribution in [0.3, 0.4) is 0 Å². The molecular formula is C24H23FN4O4. The molecule has 3 aromatic rings. The minimum absolute atomic E-state index is 0.112. The van der Waals surface area contributed by atoms with Crippen molar-refractivity contribution in [2.75, 3.05) is 26.2 Å². The molecule has 1 aliphatic heterocycles. The summed E-state index contributed by atoms with van der Waals surface area (Å²) in [6.07, 6.45) is 2.81. The van der Waals surface area contributed by atoms with Gasteiger partial charge in [-0.1, -0.05) is 12.1 Å². The van der Waals surface area contributed by atoms with Gasteiger partial charge in [-0.2, -0.15) is 0 Å². The molecule has 1 aliphatic carbocycles. The number of ether oxygens (including phenoxy) is 1. The first-order valence-corrected chi connectivity index (χ1v) is 11.0. The van der Waals surface area contributed by atoms with E-state index in [4.69, 9.17) is 4.74 Å². The van der Waals surface area contributed by atoms with E-state index in [-0.39, 0.29) is 28.7 Å². The maximum atomic E-state index is 14.5. The Morgan fingerprint density at radius 1 is 1.03 bits per heavy atom. The van der Waals surface area contributed by atoms with E-state index in [2.05, 4.69) is 10.2 Å². The number of nitrogens with one attached hydrogen (secondary N) is 1. The Kier molecular flexibility index (Phi) is 5.53. The van der Waals surface area contributed by atoms with E-state index >= 15 is 0 Å². The lowest BCUT2D eigenvalue weighted by Gasteiger charge is -2.35. The van der Waals surface area contributed by atoms with Gasteiger partial charge in [-0.05, 0) is 49.1 Å². The Labute approximate surface area is 188 Å². The number of amides is 2. The van der Waals surface area contributed by atoms with Gasteiger partial charge >= 0.3 is 0 Å². The number of piperazine rings is 1. The van der Waals surface area contributed by atoms with Crippen LogP contribution in [0.25, 0.3) is 10.8 Å². The molecule has 2 heterocycles. The third-order valence-electron chi connectivity index (χ3n) is 6.12. The summed E-state index contributed by atoms with van der Waals surface area (Å²) in [4.78, 5) is 40.6. The summed E-state index contributed by atoms with van der Waals surface area (Å²) in [5.41, 5.74) is -0.457. The zero-order valence-electron chi connectivity index (χ0n) is 17.9. The lowest BCUT2D eigenvalue weighted by molar-refractivity contribution is -0.133. The van der Waals surface area contributed by atoms with Crippen LogP contribution in [0.1, 0.15) is 29.6 Å². The van der Waals surface area contributed by atoms with Gasteiger partial charge in [0.1, 0.15) is 11.6 Å². The number of rotatable bonds is 5. The number of H-pyrrole nitrogens is 1. The molecule has 2 fully saturated rings. The average molecular weight is 450 g/mol. The predicted octanol–water partition coefficient (Wildman–Crippen LogP) is 2.94. The molecule has 1 N–H and O–H groups in total. The maximum Gasteiger partial charge on any atom is 0.272 e. The molecule has 0 unspecified atom stereocenters. The van der Waals surface area contributed by atoms with Crippen LogP contribution >= 0.6 is 0 Å². The Bertz CT molecular complexity index is 1280. The smallest absolute Gasteiger partial charge is 0.272 e. The molecule has 2 aliphatic rings. The molecule has 5 rings (SSSR count). The molecule has 0 bridgehead atoms. The van der Waals surface area contributed by atoms with Crippen molar-refractivity contribution >= 4 is 22.6 Å². The monoisotopic (exact) mass is 450 g/mol. The summed E-state index contributed by atoms with van der Waals surface area (Å²) in [7, 11) is 0. The second-order valence-electron chi connectivity index (χ2n) is 8.47. The number of aromatic amines is 1. The van der Waals surface area contributed by atoms with Crippen molar-refractivity contribution in [2.45, 2.75) is 19.3 Å². The summed E-state index contributed by atoms with van der Waals surface area (Å²) in [6, 6.07) is 10.8. The molecule has 1 saturated heterocycles. The second kappa shape index (κ2) is 8.65. The largest absolute Gasteiger partial charge is 0.437 e. The molecule has 0 atom stereocenters. The fourth-order valence-corrected chi connectivity index (χ4v) is 4.04. The fraction of sp³-hybridized carbons (Fsp3) is 0.333. The lowest BCUT2D eigenvalue weighted by atomic mass is 10.1. The number of hydrogen-bond acceptors (Lipinski definition) is 5. The summed E-state index contributed by atoms with van der Waals surface area (Å²) in [6.45, 7) is 1.60. The molecule has 2 amide bonds. The highest BCUT2D eigenvalue weighted by atomic mass is 19.1. The topological polar surface area (TPSA) is 95.6 Å². The Morgan fingerprint density at radius 2 is 1.73 bits per heavy atom. The van der Waals surface area contributed by atoms with Crippen LogP contribution < -0.4 is 10.3 Å². The third kappa shape index (κ3) is 4.44. The number of aromatic nitrogens is 2. The van der Waals surface area contributed by atoms with Crippen molar-refractivity contribution in [1.82, 2.24) is 20.0 Å². The van der Waals surface area contributed by atoms with Gasteiger partial charge in [0, 0.05) is 32.6 Å². The Balaban J connectivity index is 1.31. The second-order valence-corrected chi connectivity index (χ2v) is 8.47. The SMILES string of the molecule is O=C(CC1CC1)N1CCN(C(=O)c2cc(Oc3n[nH]c(=O)c4ccccc34)ccc2F)CC1. The zero-order valence-corrected chi connectivity index (χ0v) is 17.9. The number of fused-ring (bicyclic) bond motifs is 1. The minimum Gasteiger partial charge on any atom is -0.437 e. The average Bonchev–Trinajstić information content (AvgIpc) is 3.66. The number of halogens is 1. The van der Waals surface area contributed by atoms with Gasteiger partial charge in [0.2, 0.25) is 11.8 Å².